The minimum atomic E-state index is -0.601. The lowest BCUT2D eigenvalue weighted by Crippen LogP contribution is -2.50. The second kappa shape index (κ2) is 12.7. The second-order valence-electron chi connectivity index (χ2n) is 11.0. The van der Waals surface area contributed by atoms with Crippen molar-refractivity contribution in [2.45, 2.75) is 39.8 Å². The highest BCUT2D eigenvalue weighted by atomic mass is 16.7. The van der Waals surface area contributed by atoms with E-state index in [0.29, 0.717) is 34.3 Å². The van der Waals surface area contributed by atoms with Crippen molar-refractivity contribution >= 4 is 35.0 Å². The molecule has 3 heterocycles. The van der Waals surface area contributed by atoms with E-state index in [0.717, 1.165) is 0 Å². The van der Waals surface area contributed by atoms with Crippen molar-refractivity contribution in [3.8, 4) is 17.2 Å². The van der Waals surface area contributed by atoms with E-state index in [9.17, 15) is 19.5 Å². The molecule has 1 aromatic heterocycles. The molecule has 14 nitrogen and oxygen atoms in total. The van der Waals surface area contributed by atoms with Crippen LogP contribution in [0.2, 0.25) is 0 Å². The number of anilines is 3. The van der Waals surface area contributed by atoms with Gasteiger partial charge in [0.1, 0.15) is 17.5 Å². The SMILES string of the molecule is Cc1noc(C)c1NC(=O)Nc1cccc2c1O[C@H](CN(C)C(=O)Nc1ccc3c(c1)OCO3)[C@@H](C)CN([C@H](C)CO)C2=O. The number of aromatic nitrogens is 1. The van der Waals surface area contributed by atoms with Gasteiger partial charge >= 0.3 is 12.1 Å². The van der Waals surface area contributed by atoms with Gasteiger partial charge in [0.25, 0.3) is 5.91 Å². The number of hydrogen-bond acceptors (Lipinski definition) is 9. The van der Waals surface area contributed by atoms with E-state index in [1.54, 1.807) is 69.1 Å². The third-order valence-electron chi connectivity index (χ3n) is 7.64. The normalized spacial score (nSPS) is 18.0. The Morgan fingerprint density at radius 3 is 2.64 bits per heavy atom. The molecule has 0 aliphatic carbocycles. The molecular formula is C30H36N6O8. The minimum absolute atomic E-state index is 0.123. The summed E-state index contributed by atoms with van der Waals surface area (Å²) in [5.74, 6) is 1.12. The molecule has 0 bridgehead atoms. The van der Waals surface area contributed by atoms with Gasteiger partial charge in [0.2, 0.25) is 6.79 Å². The number of hydrogen-bond donors (Lipinski definition) is 4. The Balaban J connectivity index is 1.40. The molecule has 3 aromatic rings. The maximum absolute atomic E-state index is 13.7. The molecule has 14 heteroatoms. The number of benzene rings is 2. The van der Waals surface area contributed by atoms with Crippen molar-refractivity contribution in [1.29, 1.82) is 0 Å². The molecule has 234 valence electrons. The Morgan fingerprint density at radius 2 is 1.91 bits per heavy atom. The predicted molar refractivity (Wildman–Crippen MR) is 160 cm³/mol. The zero-order chi connectivity index (χ0) is 31.5. The number of amides is 5. The fourth-order valence-corrected chi connectivity index (χ4v) is 5.03. The molecule has 5 amide bonds. The van der Waals surface area contributed by atoms with Gasteiger partial charge in [0, 0.05) is 31.3 Å². The zero-order valence-corrected chi connectivity index (χ0v) is 25.2. The van der Waals surface area contributed by atoms with Gasteiger partial charge in [-0.05, 0) is 45.0 Å². The summed E-state index contributed by atoms with van der Waals surface area (Å²) in [6.45, 7) is 7.34. The monoisotopic (exact) mass is 608 g/mol. The lowest BCUT2D eigenvalue weighted by molar-refractivity contribution is 0.0373. The number of carbonyl (C=O) groups excluding carboxylic acids is 3. The molecule has 0 radical (unpaired) electrons. The Bertz CT molecular complexity index is 1540. The number of carbonyl (C=O) groups is 3. The quantitative estimate of drug-likeness (QED) is 0.309. The molecule has 3 atom stereocenters. The molecular weight excluding hydrogens is 572 g/mol. The topological polar surface area (TPSA) is 168 Å². The number of urea groups is 2. The number of para-hydroxylation sites is 1. The maximum Gasteiger partial charge on any atom is 0.323 e. The molecule has 0 spiro atoms. The average molecular weight is 609 g/mol. The summed E-state index contributed by atoms with van der Waals surface area (Å²) in [6.07, 6.45) is -0.601. The number of aliphatic hydroxyl groups excluding tert-OH is 1. The number of aryl methyl sites for hydroxylation is 2. The number of nitrogens with one attached hydrogen (secondary N) is 3. The molecule has 0 saturated heterocycles. The van der Waals surface area contributed by atoms with E-state index < -0.39 is 18.2 Å². The van der Waals surface area contributed by atoms with Crippen molar-refractivity contribution in [3.63, 3.8) is 0 Å². The first-order chi connectivity index (χ1) is 21.0. The van der Waals surface area contributed by atoms with Gasteiger partial charge in [0.05, 0.1) is 30.4 Å². The fraction of sp³-hybridized carbons (Fsp3) is 0.400. The maximum atomic E-state index is 13.7. The van der Waals surface area contributed by atoms with Crippen molar-refractivity contribution in [1.82, 2.24) is 15.0 Å². The smallest absolute Gasteiger partial charge is 0.323 e. The van der Waals surface area contributed by atoms with Gasteiger partial charge in [-0.15, -0.1) is 0 Å². The third kappa shape index (κ3) is 6.34. The zero-order valence-electron chi connectivity index (χ0n) is 25.2. The first-order valence-electron chi connectivity index (χ1n) is 14.2. The predicted octanol–water partition coefficient (Wildman–Crippen LogP) is 4.05. The lowest BCUT2D eigenvalue weighted by atomic mass is 9.99. The second-order valence-corrected chi connectivity index (χ2v) is 11.0. The summed E-state index contributed by atoms with van der Waals surface area (Å²) in [5.41, 5.74) is 1.94. The summed E-state index contributed by atoms with van der Waals surface area (Å²) in [5, 5.41) is 22.2. The minimum Gasteiger partial charge on any atom is -0.485 e. The Morgan fingerprint density at radius 1 is 1.14 bits per heavy atom. The number of ether oxygens (including phenoxy) is 3. The van der Waals surface area contributed by atoms with Crippen LogP contribution in [0, 0.1) is 19.8 Å². The molecule has 2 aliphatic heterocycles. The molecule has 4 N–H and O–H groups in total. The largest absolute Gasteiger partial charge is 0.485 e. The van der Waals surface area contributed by atoms with Crippen LogP contribution in [-0.4, -0.2) is 83.7 Å². The molecule has 0 unspecified atom stereocenters. The van der Waals surface area contributed by atoms with Gasteiger partial charge in [0.15, 0.2) is 23.0 Å². The molecule has 44 heavy (non-hydrogen) atoms. The number of nitrogens with zero attached hydrogens (tertiary/aromatic N) is 3. The number of rotatable bonds is 7. The van der Waals surface area contributed by atoms with Gasteiger partial charge < -0.3 is 49.6 Å². The molecule has 0 saturated carbocycles. The van der Waals surface area contributed by atoms with E-state index in [-0.39, 0.29) is 61.3 Å². The average Bonchev–Trinajstić information content (AvgIpc) is 3.60. The van der Waals surface area contributed by atoms with Gasteiger partial charge in [-0.25, -0.2) is 9.59 Å². The van der Waals surface area contributed by atoms with Crippen LogP contribution < -0.4 is 30.2 Å². The highest BCUT2D eigenvalue weighted by molar-refractivity contribution is 6.04. The first kappa shape index (κ1) is 30.5. The molecule has 0 fully saturated rings. The first-order valence-corrected chi connectivity index (χ1v) is 14.2. The highest BCUT2D eigenvalue weighted by Gasteiger charge is 2.35. The summed E-state index contributed by atoms with van der Waals surface area (Å²) < 4.78 is 22.4. The lowest BCUT2D eigenvalue weighted by Gasteiger charge is -2.38. The standard InChI is InChI=1S/C30H36N6O8/c1-16-12-36(17(2)14-37)28(38)21-7-6-8-22(32-29(39)33-26-18(3)34-44-19(26)4)27(21)43-25(16)13-35(5)30(40)31-20-9-10-23-24(11-20)42-15-41-23/h6-11,16-17,25,37H,12-15H2,1-5H3,(H,31,40)(H2,32,33,39)/t16-,17+,25+/m0/s1. The Hall–Kier alpha value is -4.98. The van der Waals surface area contributed by atoms with Crippen LogP contribution in [0.1, 0.15) is 35.7 Å². The van der Waals surface area contributed by atoms with Gasteiger partial charge in [-0.1, -0.05) is 18.1 Å². The van der Waals surface area contributed by atoms with Crippen LogP contribution in [-0.2, 0) is 0 Å². The van der Waals surface area contributed by atoms with Gasteiger partial charge in [-0.2, -0.15) is 0 Å². The van der Waals surface area contributed by atoms with Crippen molar-refractivity contribution in [2.24, 2.45) is 5.92 Å². The van der Waals surface area contributed by atoms with Crippen LogP contribution in [0.4, 0.5) is 26.7 Å². The number of fused-ring (bicyclic) bond motifs is 2. The van der Waals surface area contributed by atoms with E-state index in [1.165, 1.54) is 4.90 Å². The van der Waals surface area contributed by atoms with Crippen LogP contribution >= 0.6 is 0 Å². The van der Waals surface area contributed by atoms with E-state index >= 15 is 0 Å². The van der Waals surface area contributed by atoms with Crippen LogP contribution in [0.15, 0.2) is 40.9 Å². The van der Waals surface area contributed by atoms with Crippen LogP contribution in [0.5, 0.6) is 17.2 Å². The van der Waals surface area contributed by atoms with E-state index in [4.69, 9.17) is 18.7 Å². The number of aliphatic hydroxyl groups is 1. The molecule has 5 rings (SSSR count). The van der Waals surface area contributed by atoms with E-state index in [2.05, 4.69) is 21.1 Å². The summed E-state index contributed by atoms with van der Waals surface area (Å²) in [7, 11) is 1.64. The van der Waals surface area contributed by atoms with Crippen molar-refractivity contribution in [2.75, 3.05) is 49.5 Å². The fourth-order valence-electron chi connectivity index (χ4n) is 5.03. The summed E-state index contributed by atoms with van der Waals surface area (Å²) >= 11 is 0. The van der Waals surface area contributed by atoms with Crippen molar-refractivity contribution in [3.05, 3.63) is 53.4 Å². The van der Waals surface area contributed by atoms with Crippen molar-refractivity contribution < 1.29 is 38.2 Å². The summed E-state index contributed by atoms with van der Waals surface area (Å²) in [4.78, 5) is 43.0. The van der Waals surface area contributed by atoms with Crippen LogP contribution in [0.3, 0.4) is 0 Å². The third-order valence-corrected chi connectivity index (χ3v) is 7.64. The van der Waals surface area contributed by atoms with E-state index in [1.807, 2.05) is 6.92 Å². The van der Waals surface area contributed by atoms with Crippen LogP contribution in [0.25, 0.3) is 0 Å². The molecule has 2 aliphatic rings. The highest BCUT2D eigenvalue weighted by Crippen LogP contribution is 2.36. The molecule has 2 aromatic carbocycles. The Kier molecular flexibility index (Phi) is 8.81. The summed E-state index contributed by atoms with van der Waals surface area (Å²) in [6, 6.07) is 8.54. The number of likely N-dealkylation sites (N-methyl/N-ethyl adjacent to an activating group) is 1. The van der Waals surface area contributed by atoms with Gasteiger partial charge in [-0.3, -0.25) is 4.79 Å². The Labute approximate surface area is 254 Å².